The SMILES string of the molecule is CC(C)[C@@H](NC(=O)Nc1ccc(S(C)(=O)=O)cc1)C(=O)O. The van der Waals surface area contributed by atoms with Gasteiger partial charge in [0.05, 0.1) is 4.90 Å². The summed E-state index contributed by atoms with van der Waals surface area (Å²) in [5, 5.41) is 13.8. The molecule has 1 atom stereocenters. The molecule has 0 aliphatic rings. The fourth-order valence-electron chi connectivity index (χ4n) is 1.61. The quantitative estimate of drug-likeness (QED) is 0.758. The number of rotatable bonds is 5. The lowest BCUT2D eigenvalue weighted by Crippen LogP contribution is -2.46. The van der Waals surface area contributed by atoms with E-state index in [2.05, 4.69) is 10.6 Å². The molecule has 2 amide bonds. The van der Waals surface area contributed by atoms with Crippen LogP contribution in [-0.4, -0.2) is 37.8 Å². The highest BCUT2D eigenvalue weighted by Crippen LogP contribution is 2.14. The van der Waals surface area contributed by atoms with Crippen molar-refractivity contribution in [2.24, 2.45) is 5.92 Å². The average molecular weight is 314 g/mol. The van der Waals surface area contributed by atoms with E-state index in [1.165, 1.54) is 24.3 Å². The van der Waals surface area contributed by atoms with Crippen molar-refractivity contribution in [3.05, 3.63) is 24.3 Å². The Kier molecular flexibility index (Phi) is 5.31. The van der Waals surface area contributed by atoms with E-state index >= 15 is 0 Å². The van der Waals surface area contributed by atoms with Crippen LogP contribution in [0.25, 0.3) is 0 Å². The molecule has 0 bridgehead atoms. The molecule has 21 heavy (non-hydrogen) atoms. The molecule has 7 nitrogen and oxygen atoms in total. The Balaban J connectivity index is 2.73. The van der Waals surface area contributed by atoms with Gasteiger partial charge in [0.25, 0.3) is 0 Å². The maximum absolute atomic E-state index is 11.7. The molecule has 0 aliphatic heterocycles. The molecule has 1 aromatic rings. The summed E-state index contributed by atoms with van der Waals surface area (Å²) >= 11 is 0. The van der Waals surface area contributed by atoms with Gasteiger partial charge in [-0.2, -0.15) is 0 Å². The molecular formula is C13H18N2O5S. The first-order valence-electron chi connectivity index (χ1n) is 6.21. The van der Waals surface area contributed by atoms with Crippen molar-refractivity contribution in [1.29, 1.82) is 0 Å². The van der Waals surface area contributed by atoms with Crippen LogP contribution in [0.2, 0.25) is 0 Å². The molecule has 0 spiro atoms. The fraction of sp³-hybridized carbons (Fsp3) is 0.385. The van der Waals surface area contributed by atoms with E-state index in [0.29, 0.717) is 5.69 Å². The number of carboxylic acid groups (broad SMARTS) is 1. The lowest BCUT2D eigenvalue weighted by Gasteiger charge is -2.18. The highest BCUT2D eigenvalue weighted by molar-refractivity contribution is 7.90. The van der Waals surface area contributed by atoms with Crippen LogP contribution >= 0.6 is 0 Å². The Hall–Kier alpha value is -2.09. The average Bonchev–Trinajstić information content (AvgIpc) is 2.34. The summed E-state index contributed by atoms with van der Waals surface area (Å²) in [5.41, 5.74) is 0.368. The number of anilines is 1. The number of hydrogen-bond acceptors (Lipinski definition) is 4. The third kappa shape index (κ3) is 5.07. The van der Waals surface area contributed by atoms with Crippen LogP contribution in [0.1, 0.15) is 13.8 Å². The van der Waals surface area contributed by atoms with Crippen LogP contribution in [-0.2, 0) is 14.6 Å². The minimum absolute atomic E-state index is 0.138. The largest absolute Gasteiger partial charge is 0.480 e. The smallest absolute Gasteiger partial charge is 0.326 e. The summed E-state index contributed by atoms with van der Waals surface area (Å²) in [4.78, 5) is 22.8. The molecule has 1 aromatic carbocycles. The Bertz CT molecular complexity index is 622. The van der Waals surface area contributed by atoms with E-state index in [9.17, 15) is 18.0 Å². The number of amides is 2. The van der Waals surface area contributed by atoms with Gasteiger partial charge in [-0.15, -0.1) is 0 Å². The van der Waals surface area contributed by atoms with Gasteiger partial charge in [0.1, 0.15) is 6.04 Å². The molecule has 0 unspecified atom stereocenters. The summed E-state index contributed by atoms with van der Waals surface area (Å²) < 4.78 is 22.6. The van der Waals surface area contributed by atoms with Gasteiger partial charge in [-0.05, 0) is 30.2 Å². The van der Waals surface area contributed by atoms with Crippen molar-refractivity contribution in [2.45, 2.75) is 24.8 Å². The Morgan fingerprint density at radius 1 is 1.14 bits per heavy atom. The summed E-state index contributed by atoms with van der Waals surface area (Å²) in [6.07, 6.45) is 1.09. The third-order valence-corrected chi connectivity index (χ3v) is 3.89. The van der Waals surface area contributed by atoms with Gasteiger partial charge in [-0.25, -0.2) is 18.0 Å². The number of carbonyl (C=O) groups excluding carboxylic acids is 1. The van der Waals surface area contributed by atoms with Gasteiger partial charge in [0, 0.05) is 11.9 Å². The number of carbonyl (C=O) groups is 2. The molecule has 0 heterocycles. The van der Waals surface area contributed by atoms with E-state index in [1.807, 2.05) is 0 Å². The fourth-order valence-corrected chi connectivity index (χ4v) is 2.24. The van der Waals surface area contributed by atoms with E-state index in [4.69, 9.17) is 5.11 Å². The zero-order valence-electron chi connectivity index (χ0n) is 12.0. The van der Waals surface area contributed by atoms with E-state index in [-0.39, 0.29) is 10.8 Å². The maximum atomic E-state index is 11.7. The number of nitrogens with one attached hydrogen (secondary N) is 2. The maximum Gasteiger partial charge on any atom is 0.326 e. The highest BCUT2D eigenvalue weighted by Gasteiger charge is 2.23. The van der Waals surface area contributed by atoms with Crippen LogP contribution in [0.4, 0.5) is 10.5 Å². The standard InChI is InChI=1S/C13H18N2O5S/c1-8(2)11(12(16)17)15-13(18)14-9-4-6-10(7-5-9)21(3,19)20/h4-8,11H,1-3H3,(H,16,17)(H2,14,15,18)/t11-/m1/s1. The van der Waals surface area contributed by atoms with Gasteiger partial charge in [-0.3, -0.25) is 0 Å². The molecule has 116 valence electrons. The minimum atomic E-state index is -3.30. The number of benzene rings is 1. The van der Waals surface area contributed by atoms with Gasteiger partial charge >= 0.3 is 12.0 Å². The van der Waals surface area contributed by atoms with Crippen LogP contribution in [0.15, 0.2) is 29.2 Å². The molecule has 0 fully saturated rings. The second-order valence-electron chi connectivity index (χ2n) is 4.95. The number of sulfone groups is 1. The number of aliphatic carboxylic acids is 1. The normalized spacial score (nSPS) is 12.8. The van der Waals surface area contributed by atoms with Crippen LogP contribution in [0.3, 0.4) is 0 Å². The van der Waals surface area contributed by atoms with Crippen molar-refractivity contribution in [1.82, 2.24) is 5.32 Å². The Morgan fingerprint density at radius 2 is 1.67 bits per heavy atom. The molecule has 8 heteroatoms. The van der Waals surface area contributed by atoms with Crippen LogP contribution < -0.4 is 10.6 Å². The molecular weight excluding hydrogens is 296 g/mol. The predicted molar refractivity (Wildman–Crippen MR) is 78.0 cm³/mol. The van der Waals surface area contributed by atoms with Crippen molar-refractivity contribution in [2.75, 3.05) is 11.6 Å². The third-order valence-electron chi connectivity index (χ3n) is 2.76. The number of hydrogen-bond donors (Lipinski definition) is 3. The van der Waals surface area contributed by atoms with Gasteiger partial charge in [0.15, 0.2) is 9.84 Å². The first-order valence-corrected chi connectivity index (χ1v) is 8.11. The Morgan fingerprint density at radius 3 is 2.05 bits per heavy atom. The number of urea groups is 1. The summed E-state index contributed by atoms with van der Waals surface area (Å²) in [6, 6.07) is 3.93. The van der Waals surface area contributed by atoms with E-state index in [0.717, 1.165) is 6.26 Å². The molecule has 3 N–H and O–H groups in total. The first kappa shape index (κ1) is 17.0. The summed E-state index contributed by atoms with van der Waals surface area (Å²) in [5.74, 6) is -1.38. The zero-order chi connectivity index (χ0) is 16.2. The molecule has 0 aliphatic carbocycles. The van der Waals surface area contributed by atoms with Gasteiger partial charge in [0.2, 0.25) is 0 Å². The monoisotopic (exact) mass is 314 g/mol. The Labute approximate surface area is 123 Å². The highest BCUT2D eigenvalue weighted by atomic mass is 32.2. The zero-order valence-corrected chi connectivity index (χ0v) is 12.8. The van der Waals surface area contributed by atoms with Crippen molar-refractivity contribution in [3.8, 4) is 0 Å². The predicted octanol–water partition coefficient (Wildman–Crippen LogP) is 1.32. The first-order chi connectivity index (χ1) is 9.61. The van der Waals surface area contributed by atoms with Crippen molar-refractivity contribution >= 4 is 27.5 Å². The van der Waals surface area contributed by atoms with E-state index < -0.39 is 27.9 Å². The second-order valence-corrected chi connectivity index (χ2v) is 6.97. The van der Waals surface area contributed by atoms with Crippen LogP contribution in [0.5, 0.6) is 0 Å². The molecule has 0 aromatic heterocycles. The molecule has 0 radical (unpaired) electrons. The van der Waals surface area contributed by atoms with Crippen molar-refractivity contribution < 1.29 is 23.1 Å². The molecule has 0 saturated heterocycles. The lowest BCUT2D eigenvalue weighted by atomic mass is 10.1. The molecule has 0 saturated carbocycles. The second kappa shape index (κ2) is 6.57. The van der Waals surface area contributed by atoms with Gasteiger partial charge in [-0.1, -0.05) is 13.8 Å². The number of carboxylic acids is 1. The van der Waals surface area contributed by atoms with Crippen LogP contribution in [0, 0.1) is 5.92 Å². The summed E-state index contributed by atoms with van der Waals surface area (Å²) in [6.45, 7) is 3.36. The summed E-state index contributed by atoms with van der Waals surface area (Å²) in [7, 11) is -3.30. The molecule has 1 rings (SSSR count). The van der Waals surface area contributed by atoms with E-state index in [1.54, 1.807) is 13.8 Å². The lowest BCUT2D eigenvalue weighted by molar-refractivity contribution is -0.140. The minimum Gasteiger partial charge on any atom is -0.480 e. The van der Waals surface area contributed by atoms with Crippen molar-refractivity contribution in [3.63, 3.8) is 0 Å². The van der Waals surface area contributed by atoms with Gasteiger partial charge < -0.3 is 15.7 Å². The topological polar surface area (TPSA) is 113 Å².